The fourth-order valence-electron chi connectivity index (χ4n) is 2.83. The number of ether oxygens (including phenoxy) is 3. The van der Waals surface area contributed by atoms with Gasteiger partial charge in [0.05, 0.1) is 7.11 Å². The predicted octanol–water partition coefficient (Wildman–Crippen LogP) is 2.92. The molecule has 1 atom stereocenters. The second-order valence-electron chi connectivity index (χ2n) is 5.36. The van der Waals surface area contributed by atoms with Crippen LogP contribution in [0, 0.1) is 0 Å². The molecule has 4 rings (SSSR count). The first-order valence-electron chi connectivity index (χ1n) is 7.30. The lowest BCUT2D eigenvalue weighted by molar-refractivity contribution is 0.0949. The molecule has 0 radical (unpaired) electrons. The van der Waals surface area contributed by atoms with Gasteiger partial charge in [-0.2, -0.15) is 0 Å². The van der Waals surface area contributed by atoms with E-state index >= 15 is 0 Å². The van der Waals surface area contributed by atoms with E-state index in [1.807, 2.05) is 18.2 Å². The third-order valence-electron chi connectivity index (χ3n) is 4.05. The van der Waals surface area contributed by atoms with Crippen LogP contribution in [0.1, 0.15) is 27.5 Å². The summed E-state index contributed by atoms with van der Waals surface area (Å²) in [5.41, 5.74) is 2.47. The van der Waals surface area contributed by atoms with E-state index in [2.05, 4.69) is 5.32 Å². The van der Waals surface area contributed by atoms with Gasteiger partial charge in [0.25, 0.3) is 0 Å². The van der Waals surface area contributed by atoms with Gasteiger partial charge in [0.1, 0.15) is 11.8 Å². The number of carbonyl (C=O) groups excluding carboxylic acids is 1. The number of benzene rings is 2. The van der Waals surface area contributed by atoms with Crippen molar-refractivity contribution in [2.24, 2.45) is 0 Å². The zero-order chi connectivity index (χ0) is 15.8. The summed E-state index contributed by atoms with van der Waals surface area (Å²) in [5, 5.41) is 3.14. The van der Waals surface area contributed by atoms with E-state index in [1.54, 1.807) is 37.6 Å². The second kappa shape index (κ2) is 5.35. The van der Waals surface area contributed by atoms with E-state index in [9.17, 15) is 4.79 Å². The Balaban J connectivity index is 1.70. The van der Waals surface area contributed by atoms with Crippen molar-refractivity contribution in [3.8, 4) is 17.2 Å². The molecule has 116 valence electrons. The highest BCUT2D eigenvalue weighted by molar-refractivity contribution is 6.01. The highest BCUT2D eigenvalue weighted by Crippen LogP contribution is 2.39. The Labute approximate surface area is 133 Å². The number of Topliss-reactive ketones (excluding diaryl/α,β-unsaturated/α-hetero) is 1. The quantitative estimate of drug-likeness (QED) is 0.884. The fourth-order valence-corrected chi connectivity index (χ4v) is 2.83. The fraction of sp³-hybridized carbons (Fsp3) is 0.167. The summed E-state index contributed by atoms with van der Waals surface area (Å²) in [4.78, 5) is 12.9. The van der Waals surface area contributed by atoms with Crippen LogP contribution in [0.4, 0.5) is 0 Å². The van der Waals surface area contributed by atoms with Gasteiger partial charge in [-0.3, -0.25) is 4.79 Å². The van der Waals surface area contributed by atoms with E-state index in [1.165, 1.54) is 0 Å². The van der Waals surface area contributed by atoms with Gasteiger partial charge in [0.15, 0.2) is 17.3 Å². The van der Waals surface area contributed by atoms with Crippen LogP contribution in [0.5, 0.6) is 17.2 Å². The summed E-state index contributed by atoms with van der Waals surface area (Å²) in [7, 11) is 1.60. The maximum absolute atomic E-state index is 12.9. The summed E-state index contributed by atoms with van der Waals surface area (Å²) in [6.45, 7) is 0.215. The van der Waals surface area contributed by atoms with Gasteiger partial charge < -0.3 is 19.5 Å². The van der Waals surface area contributed by atoms with Crippen molar-refractivity contribution in [3.05, 3.63) is 59.3 Å². The van der Waals surface area contributed by atoms with Gasteiger partial charge in [0, 0.05) is 5.56 Å². The standard InChI is InChI=1S/C18H15NO4/c1-21-13-4-2-11(3-5-13)18(20)17-14-9-16-15(22-10-23-16)8-12(14)6-7-19-17/h2-9,17,19H,10H2,1H3/t17-/m1/s1. The van der Waals surface area contributed by atoms with Gasteiger partial charge in [-0.05, 0) is 59.8 Å². The lowest BCUT2D eigenvalue weighted by Crippen LogP contribution is -2.27. The molecule has 5 heteroatoms. The average Bonchev–Trinajstić information content (AvgIpc) is 3.06. The topological polar surface area (TPSA) is 56.8 Å². The molecule has 5 nitrogen and oxygen atoms in total. The predicted molar refractivity (Wildman–Crippen MR) is 84.8 cm³/mol. The van der Waals surface area contributed by atoms with Crippen LogP contribution < -0.4 is 19.5 Å². The van der Waals surface area contributed by atoms with Crippen LogP contribution in [-0.2, 0) is 0 Å². The monoisotopic (exact) mass is 309 g/mol. The first kappa shape index (κ1) is 13.7. The lowest BCUT2D eigenvalue weighted by atomic mass is 9.91. The highest BCUT2D eigenvalue weighted by Gasteiger charge is 2.28. The molecule has 2 aliphatic heterocycles. The molecular weight excluding hydrogens is 294 g/mol. The molecule has 2 aliphatic rings. The van der Waals surface area contributed by atoms with Crippen molar-refractivity contribution in [1.29, 1.82) is 0 Å². The van der Waals surface area contributed by atoms with Gasteiger partial charge in [-0.15, -0.1) is 0 Å². The van der Waals surface area contributed by atoms with E-state index in [0.29, 0.717) is 17.1 Å². The number of methoxy groups -OCH3 is 1. The highest BCUT2D eigenvalue weighted by atomic mass is 16.7. The summed E-state index contributed by atoms with van der Waals surface area (Å²) in [6.07, 6.45) is 3.71. The summed E-state index contributed by atoms with van der Waals surface area (Å²) < 4.78 is 16.0. The molecule has 0 saturated heterocycles. The Morgan fingerprint density at radius 1 is 1.17 bits per heavy atom. The number of fused-ring (bicyclic) bond motifs is 2. The average molecular weight is 309 g/mol. The largest absolute Gasteiger partial charge is 0.497 e. The van der Waals surface area contributed by atoms with Crippen LogP contribution in [0.25, 0.3) is 6.08 Å². The third kappa shape index (κ3) is 2.30. The third-order valence-corrected chi connectivity index (χ3v) is 4.05. The van der Waals surface area contributed by atoms with Gasteiger partial charge >= 0.3 is 0 Å². The maximum Gasteiger partial charge on any atom is 0.231 e. The Hall–Kier alpha value is -2.95. The molecular formula is C18H15NO4. The Morgan fingerprint density at radius 2 is 1.91 bits per heavy atom. The van der Waals surface area contributed by atoms with Crippen LogP contribution in [0.15, 0.2) is 42.6 Å². The van der Waals surface area contributed by atoms with Crippen molar-refractivity contribution in [2.75, 3.05) is 13.9 Å². The summed E-state index contributed by atoms with van der Waals surface area (Å²) in [6, 6.07) is 10.4. The maximum atomic E-state index is 12.9. The number of nitrogens with one attached hydrogen (secondary N) is 1. The normalized spacial score (nSPS) is 17.3. The molecule has 2 heterocycles. The molecule has 0 spiro atoms. The Bertz CT molecular complexity index is 795. The number of hydrogen-bond acceptors (Lipinski definition) is 5. The zero-order valence-corrected chi connectivity index (χ0v) is 12.5. The molecule has 0 aliphatic carbocycles. The number of rotatable bonds is 3. The molecule has 2 aromatic carbocycles. The molecule has 1 N–H and O–H groups in total. The van der Waals surface area contributed by atoms with E-state index in [0.717, 1.165) is 16.9 Å². The molecule has 0 fully saturated rings. The van der Waals surface area contributed by atoms with Crippen molar-refractivity contribution in [2.45, 2.75) is 6.04 Å². The minimum Gasteiger partial charge on any atom is -0.497 e. The smallest absolute Gasteiger partial charge is 0.231 e. The zero-order valence-electron chi connectivity index (χ0n) is 12.5. The SMILES string of the molecule is COc1ccc(C(=O)[C@@H]2NC=Cc3cc4c(cc32)OCO4)cc1. The lowest BCUT2D eigenvalue weighted by Gasteiger charge is -2.23. The van der Waals surface area contributed by atoms with Crippen molar-refractivity contribution < 1.29 is 19.0 Å². The second-order valence-corrected chi connectivity index (χ2v) is 5.36. The molecule has 0 amide bonds. The molecule has 2 aromatic rings. The summed E-state index contributed by atoms with van der Waals surface area (Å²) in [5.74, 6) is 2.11. The van der Waals surface area contributed by atoms with E-state index < -0.39 is 6.04 Å². The van der Waals surface area contributed by atoms with E-state index in [-0.39, 0.29) is 12.6 Å². The Kier molecular flexibility index (Phi) is 3.19. The minimum atomic E-state index is -0.446. The van der Waals surface area contributed by atoms with Crippen molar-refractivity contribution in [1.82, 2.24) is 5.32 Å². The number of ketones is 1. The molecule has 0 bridgehead atoms. The number of hydrogen-bond donors (Lipinski definition) is 1. The minimum absolute atomic E-state index is 0.00267. The van der Waals surface area contributed by atoms with Gasteiger partial charge in [0.2, 0.25) is 6.79 Å². The van der Waals surface area contributed by atoms with E-state index in [4.69, 9.17) is 14.2 Å². The van der Waals surface area contributed by atoms with Gasteiger partial charge in [-0.1, -0.05) is 0 Å². The molecule has 0 saturated carbocycles. The molecule has 0 unspecified atom stereocenters. The van der Waals surface area contributed by atoms with Gasteiger partial charge in [-0.25, -0.2) is 0 Å². The molecule has 0 aromatic heterocycles. The van der Waals surface area contributed by atoms with Crippen molar-refractivity contribution in [3.63, 3.8) is 0 Å². The summed E-state index contributed by atoms with van der Waals surface area (Å²) >= 11 is 0. The van der Waals surface area contributed by atoms with Crippen LogP contribution in [0.3, 0.4) is 0 Å². The number of carbonyl (C=O) groups is 1. The van der Waals surface area contributed by atoms with Crippen LogP contribution in [-0.4, -0.2) is 19.7 Å². The first-order chi connectivity index (χ1) is 11.3. The molecule has 23 heavy (non-hydrogen) atoms. The first-order valence-corrected chi connectivity index (χ1v) is 7.30. The Morgan fingerprint density at radius 3 is 2.65 bits per heavy atom. The van der Waals surface area contributed by atoms with Crippen LogP contribution >= 0.6 is 0 Å². The van der Waals surface area contributed by atoms with Crippen molar-refractivity contribution >= 4 is 11.9 Å². The van der Waals surface area contributed by atoms with Crippen LogP contribution in [0.2, 0.25) is 0 Å².